The van der Waals surface area contributed by atoms with E-state index < -0.39 is 0 Å². The van der Waals surface area contributed by atoms with Gasteiger partial charge < -0.3 is 4.90 Å². The molecule has 11 rings (SSSR count). The molecule has 0 unspecified atom stereocenters. The number of anilines is 3. The van der Waals surface area contributed by atoms with Gasteiger partial charge in [-0.2, -0.15) is 0 Å². The van der Waals surface area contributed by atoms with Gasteiger partial charge >= 0.3 is 0 Å². The number of rotatable bonds is 10. The summed E-state index contributed by atoms with van der Waals surface area (Å²) in [7, 11) is 0. The number of hydrogen-bond donors (Lipinski definition) is 0. The molecule has 0 saturated carbocycles. The minimum absolute atomic E-state index is 1.07. The summed E-state index contributed by atoms with van der Waals surface area (Å²) in [6.45, 7) is 0. The zero-order chi connectivity index (χ0) is 43.4. The Morgan fingerprint density at radius 1 is 0.185 bits per heavy atom. The number of benzene rings is 11. The van der Waals surface area contributed by atoms with Crippen molar-refractivity contribution in [3.8, 4) is 77.9 Å². The molecule has 1 heteroatoms. The van der Waals surface area contributed by atoms with Crippen LogP contribution in [0.15, 0.2) is 273 Å². The highest BCUT2D eigenvalue weighted by Crippen LogP contribution is 2.47. The predicted octanol–water partition coefficient (Wildman–Crippen LogP) is 18.0. The molecule has 0 N–H and O–H groups in total. The van der Waals surface area contributed by atoms with E-state index in [1.54, 1.807) is 0 Å². The summed E-state index contributed by atoms with van der Waals surface area (Å²) >= 11 is 0. The van der Waals surface area contributed by atoms with Crippen molar-refractivity contribution in [2.24, 2.45) is 0 Å². The molecule has 1 nitrogen and oxygen atoms in total. The zero-order valence-electron chi connectivity index (χ0n) is 35.9. The van der Waals surface area contributed by atoms with Gasteiger partial charge in [-0.1, -0.05) is 224 Å². The van der Waals surface area contributed by atoms with E-state index in [1.807, 2.05) is 0 Å². The average Bonchev–Trinajstić information content (AvgIpc) is 3.40. The number of hydrogen-bond acceptors (Lipinski definition) is 1. The summed E-state index contributed by atoms with van der Waals surface area (Å²) in [5.41, 5.74) is 19.7. The lowest BCUT2D eigenvalue weighted by Gasteiger charge is -2.31. The van der Waals surface area contributed by atoms with Crippen LogP contribution in [0.25, 0.3) is 88.7 Å². The summed E-state index contributed by atoms with van der Waals surface area (Å²) in [6.07, 6.45) is 0. The maximum atomic E-state index is 2.46. The van der Waals surface area contributed by atoms with Crippen molar-refractivity contribution in [1.29, 1.82) is 0 Å². The summed E-state index contributed by atoms with van der Waals surface area (Å²) in [5, 5.41) is 2.47. The van der Waals surface area contributed by atoms with Crippen LogP contribution >= 0.6 is 0 Å². The lowest BCUT2D eigenvalue weighted by atomic mass is 9.90. The van der Waals surface area contributed by atoms with Gasteiger partial charge in [0.1, 0.15) is 0 Å². The van der Waals surface area contributed by atoms with Gasteiger partial charge in [0.05, 0.1) is 11.4 Å². The minimum atomic E-state index is 1.07. The van der Waals surface area contributed by atoms with Crippen LogP contribution < -0.4 is 4.90 Å². The van der Waals surface area contributed by atoms with Gasteiger partial charge in [0.25, 0.3) is 0 Å². The van der Waals surface area contributed by atoms with Crippen molar-refractivity contribution in [1.82, 2.24) is 0 Å². The molecule has 0 amide bonds. The highest BCUT2D eigenvalue weighted by atomic mass is 15.1. The van der Waals surface area contributed by atoms with Crippen LogP contribution in [0, 0.1) is 0 Å². The molecule has 0 saturated heterocycles. The molecule has 0 aromatic heterocycles. The molecule has 0 bridgehead atoms. The van der Waals surface area contributed by atoms with E-state index in [4.69, 9.17) is 0 Å². The normalized spacial score (nSPS) is 11.1. The quantitative estimate of drug-likeness (QED) is 0.133. The molecule has 0 radical (unpaired) electrons. The minimum Gasteiger partial charge on any atom is -0.309 e. The van der Waals surface area contributed by atoms with Crippen molar-refractivity contribution in [2.45, 2.75) is 0 Å². The Labute approximate surface area is 381 Å². The fourth-order valence-corrected chi connectivity index (χ4v) is 9.18. The molecule has 11 aromatic rings. The second-order valence-corrected chi connectivity index (χ2v) is 16.5. The largest absolute Gasteiger partial charge is 0.309 e. The lowest BCUT2D eigenvalue weighted by Crippen LogP contribution is -2.13. The Morgan fingerprint density at radius 3 is 1.03 bits per heavy atom. The van der Waals surface area contributed by atoms with Gasteiger partial charge in [-0.05, 0) is 126 Å². The first-order valence-electron chi connectivity index (χ1n) is 22.3. The maximum absolute atomic E-state index is 2.46. The molecule has 0 fully saturated rings. The van der Waals surface area contributed by atoms with E-state index >= 15 is 0 Å². The third kappa shape index (κ3) is 8.04. The Kier molecular flexibility index (Phi) is 10.7. The smallest absolute Gasteiger partial charge is 0.0540 e. The second kappa shape index (κ2) is 17.7. The topological polar surface area (TPSA) is 3.24 Å². The van der Waals surface area contributed by atoms with Crippen LogP contribution in [0.3, 0.4) is 0 Å². The first-order chi connectivity index (χ1) is 32.2. The summed E-state index contributed by atoms with van der Waals surface area (Å²) in [4.78, 5) is 2.46. The molecule has 65 heavy (non-hydrogen) atoms. The molecule has 0 spiro atoms. The van der Waals surface area contributed by atoms with Crippen LogP contribution in [0.5, 0.6) is 0 Å². The molecule has 0 atom stereocenters. The van der Waals surface area contributed by atoms with Crippen molar-refractivity contribution < 1.29 is 0 Å². The first-order valence-corrected chi connectivity index (χ1v) is 22.3. The Balaban J connectivity index is 1.09. The predicted molar refractivity (Wildman–Crippen MR) is 277 cm³/mol. The summed E-state index contributed by atoms with van der Waals surface area (Å²) in [6, 6.07) is 99.0. The van der Waals surface area contributed by atoms with Crippen molar-refractivity contribution in [3.05, 3.63) is 273 Å². The van der Waals surface area contributed by atoms with Crippen LogP contribution in [0.2, 0.25) is 0 Å². The fourth-order valence-electron chi connectivity index (χ4n) is 9.18. The van der Waals surface area contributed by atoms with E-state index in [9.17, 15) is 0 Å². The lowest BCUT2D eigenvalue weighted by molar-refractivity contribution is 1.28. The van der Waals surface area contributed by atoms with Gasteiger partial charge in [0.15, 0.2) is 0 Å². The van der Waals surface area contributed by atoms with E-state index in [0.29, 0.717) is 0 Å². The SMILES string of the molecule is c1ccc(-c2ccc(N(c3ccc(-c4ccc(-c5ccccc5)c(-c5ccc6ccccc6c5)c4)cc3)c3ccc(-c4ccccc4)cc3-c3ccccc3)c(-c3ccccc3)c2)cc1. The monoisotopic (exact) mass is 827 g/mol. The van der Waals surface area contributed by atoms with Crippen LogP contribution in [-0.4, -0.2) is 0 Å². The van der Waals surface area contributed by atoms with E-state index in [1.165, 1.54) is 60.8 Å². The first kappa shape index (κ1) is 39.3. The molecule has 0 heterocycles. The number of nitrogens with zero attached hydrogens (tertiary/aromatic N) is 1. The van der Waals surface area contributed by atoms with Crippen molar-refractivity contribution >= 4 is 27.8 Å². The van der Waals surface area contributed by atoms with E-state index in [2.05, 4.69) is 278 Å². The van der Waals surface area contributed by atoms with Crippen LogP contribution in [0.1, 0.15) is 0 Å². The zero-order valence-corrected chi connectivity index (χ0v) is 35.9. The third-order valence-electron chi connectivity index (χ3n) is 12.5. The van der Waals surface area contributed by atoms with Gasteiger partial charge in [-0.15, -0.1) is 0 Å². The molecule has 306 valence electrons. The maximum Gasteiger partial charge on any atom is 0.0540 e. The van der Waals surface area contributed by atoms with Crippen LogP contribution in [-0.2, 0) is 0 Å². The standard InChI is InChI=1S/C64H45N/c1-6-18-46(19-7-1)55-35-40-63(61(44-55)51-25-12-4-13-26-51)65(64-41-36-56(47-20-8-2-9-21-47)45-62(64)52-27-14-5-15-28-52)58-37-32-49(33-38-58)54-34-39-59(50-23-10-3-11-24-50)60(43-54)57-31-30-48-22-16-17-29-53(48)42-57/h1-45H. The van der Waals surface area contributed by atoms with Crippen LogP contribution in [0.4, 0.5) is 17.1 Å². The van der Waals surface area contributed by atoms with Crippen molar-refractivity contribution in [2.75, 3.05) is 4.90 Å². The number of fused-ring (bicyclic) bond motifs is 1. The third-order valence-corrected chi connectivity index (χ3v) is 12.5. The van der Waals surface area contributed by atoms with Gasteiger partial charge in [-0.3, -0.25) is 0 Å². The van der Waals surface area contributed by atoms with E-state index in [0.717, 1.165) is 44.9 Å². The molecule has 11 aromatic carbocycles. The summed E-state index contributed by atoms with van der Waals surface area (Å²) < 4.78 is 0. The van der Waals surface area contributed by atoms with Gasteiger partial charge in [-0.25, -0.2) is 0 Å². The molecule has 0 aliphatic carbocycles. The fraction of sp³-hybridized carbons (Fsp3) is 0. The molecule has 0 aliphatic rings. The second-order valence-electron chi connectivity index (χ2n) is 16.5. The highest BCUT2D eigenvalue weighted by Gasteiger charge is 2.22. The molecule has 0 aliphatic heterocycles. The summed E-state index contributed by atoms with van der Waals surface area (Å²) in [5.74, 6) is 0. The van der Waals surface area contributed by atoms with Gasteiger partial charge in [0.2, 0.25) is 0 Å². The Hall–Kier alpha value is -8.52. The Morgan fingerprint density at radius 2 is 0.538 bits per heavy atom. The van der Waals surface area contributed by atoms with E-state index in [-0.39, 0.29) is 0 Å². The Bertz CT molecular complexity index is 3250. The molecular weight excluding hydrogens is 783 g/mol. The molecular formula is C64H45N. The van der Waals surface area contributed by atoms with Gasteiger partial charge in [0, 0.05) is 16.8 Å². The average molecular weight is 828 g/mol. The highest BCUT2D eigenvalue weighted by molar-refractivity contribution is 5.97. The van der Waals surface area contributed by atoms with Crippen molar-refractivity contribution in [3.63, 3.8) is 0 Å².